The van der Waals surface area contributed by atoms with Gasteiger partial charge in [0.1, 0.15) is 5.58 Å². The summed E-state index contributed by atoms with van der Waals surface area (Å²) >= 11 is 0. The van der Waals surface area contributed by atoms with E-state index in [1.54, 1.807) is 16.7 Å². The summed E-state index contributed by atoms with van der Waals surface area (Å²) in [5.41, 5.74) is 1.33. The highest BCUT2D eigenvalue weighted by Crippen LogP contribution is 2.32. The van der Waals surface area contributed by atoms with E-state index < -0.39 is 5.97 Å². The molecule has 1 aromatic heterocycles. The first-order valence-corrected chi connectivity index (χ1v) is 9.57. The van der Waals surface area contributed by atoms with Gasteiger partial charge in [-0.05, 0) is 12.3 Å². The first-order chi connectivity index (χ1) is 14.0. The lowest BCUT2D eigenvalue weighted by molar-refractivity contribution is -0.140. The number of hydrogen-bond acceptors (Lipinski definition) is 5. The Morgan fingerprint density at radius 3 is 2.38 bits per heavy atom. The largest absolute Gasteiger partial charge is 0.450 e. The maximum Gasteiger partial charge on any atom is 0.375 e. The van der Waals surface area contributed by atoms with Crippen LogP contribution in [-0.2, 0) is 14.3 Å². The third kappa shape index (κ3) is 3.55. The number of fused-ring (bicyclic) bond motifs is 3. The van der Waals surface area contributed by atoms with E-state index in [1.165, 1.54) is 6.92 Å². The molecule has 2 aromatic carbocycles. The molecule has 0 bridgehead atoms. The molecule has 4 rings (SSSR count). The van der Waals surface area contributed by atoms with Crippen LogP contribution >= 0.6 is 0 Å². The minimum absolute atomic E-state index is 0.00332. The summed E-state index contributed by atoms with van der Waals surface area (Å²) in [5, 5.41) is 2.79. The Morgan fingerprint density at radius 2 is 1.66 bits per heavy atom. The van der Waals surface area contributed by atoms with Crippen LogP contribution in [0.4, 0.5) is 0 Å². The number of piperazine rings is 1. The second-order valence-electron chi connectivity index (χ2n) is 7.18. The Bertz CT molecular complexity index is 1110. The van der Waals surface area contributed by atoms with Crippen LogP contribution in [0.15, 0.2) is 40.8 Å². The molecule has 1 fully saturated rings. The molecule has 0 spiro atoms. The van der Waals surface area contributed by atoms with E-state index in [2.05, 4.69) is 0 Å². The van der Waals surface area contributed by atoms with Gasteiger partial charge >= 0.3 is 5.97 Å². The minimum atomic E-state index is -0.654. The lowest BCUT2D eigenvalue weighted by Gasteiger charge is -2.34. The van der Waals surface area contributed by atoms with Gasteiger partial charge in [-0.3, -0.25) is 9.59 Å². The molecule has 3 aromatic rings. The predicted molar refractivity (Wildman–Crippen MR) is 108 cm³/mol. The van der Waals surface area contributed by atoms with E-state index in [9.17, 15) is 14.4 Å². The van der Waals surface area contributed by atoms with Crippen molar-refractivity contribution in [1.29, 1.82) is 0 Å². The highest BCUT2D eigenvalue weighted by Gasteiger charge is 2.25. The van der Waals surface area contributed by atoms with Gasteiger partial charge in [0.05, 0.1) is 0 Å². The summed E-state index contributed by atoms with van der Waals surface area (Å²) in [6, 6.07) is 11.7. The fourth-order valence-electron chi connectivity index (χ4n) is 3.70. The number of amides is 2. The van der Waals surface area contributed by atoms with Crippen LogP contribution in [-0.4, -0.2) is 60.4 Å². The number of hydrogen-bond donors (Lipinski definition) is 0. The number of ether oxygens (including phenoxy) is 1. The number of carbonyl (C=O) groups is 3. The van der Waals surface area contributed by atoms with Gasteiger partial charge in [-0.15, -0.1) is 0 Å². The number of esters is 1. The molecule has 29 heavy (non-hydrogen) atoms. The number of benzene rings is 2. The molecule has 7 nitrogen and oxygen atoms in total. The second kappa shape index (κ2) is 7.58. The maximum atomic E-state index is 12.6. The third-order valence-electron chi connectivity index (χ3n) is 5.42. The van der Waals surface area contributed by atoms with Crippen molar-refractivity contribution in [1.82, 2.24) is 9.80 Å². The van der Waals surface area contributed by atoms with Crippen LogP contribution in [0.2, 0.25) is 0 Å². The highest BCUT2D eigenvalue weighted by atomic mass is 16.5. The number of aryl methyl sites for hydroxylation is 1. The summed E-state index contributed by atoms with van der Waals surface area (Å²) in [5.74, 6) is -0.818. The number of nitrogens with zero attached hydrogens (tertiary/aromatic N) is 2. The van der Waals surface area contributed by atoms with Crippen molar-refractivity contribution < 1.29 is 23.5 Å². The summed E-state index contributed by atoms with van der Waals surface area (Å²) < 4.78 is 11.1. The van der Waals surface area contributed by atoms with Crippen LogP contribution in [0.5, 0.6) is 0 Å². The van der Waals surface area contributed by atoms with E-state index in [1.807, 2.05) is 36.4 Å². The van der Waals surface area contributed by atoms with Gasteiger partial charge < -0.3 is 19.0 Å². The molecule has 0 radical (unpaired) electrons. The van der Waals surface area contributed by atoms with Crippen molar-refractivity contribution in [2.45, 2.75) is 13.8 Å². The Morgan fingerprint density at radius 1 is 0.966 bits per heavy atom. The first kappa shape index (κ1) is 19.0. The molecule has 7 heteroatoms. The molecular formula is C22H22N2O5. The van der Waals surface area contributed by atoms with Gasteiger partial charge in [-0.25, -0.2) is 4.79 Å². The third-order valence-corrected chi connectivity index (χ3v) is 5.42. The van der Waals surface area contributed by atoms with Crippen molar-refractivity contribution in [2.24, 2.45) is 0 Å². The number of furan rings is 1. The topological polar surface area (TPSA) is 80.1 Å². The van der Waals surface area contributed by atoms with Gasteiger partial charge in [0, 0.05) is 49.4 Å². The van der Waals surface area contributed by atoms with E-state index in [4.69, 9.17) is 9.15 Å². The molecule has 150 valence electrons. The molecule has 1 saturated heterocycles. The average molecular weight is 394 g/mol. The Hall–Kier alpha value is -3.35. The Kier molecular flexibility index (Phi) is 4.96. The molecule has 0 unspecified atom stereocenters. The average Bonchev–Trinajstić information content (AvgIpc) is 3.09. The number of rotatable bonds is 3. The molecule has 1 aliphatic heterocycles. The standard InChI is InChI=1S/C22H22N2O5/c1-14-17-8-7-16-5-3-4-6-18(16)21(17)29-20(14)22(27)28-13-19(26)24-11-9-23(10-12-24)15(2)25/h3-8H,9-13H2,1-2H3. The summed E-state index contributed by atoms with van der Waals surface area (Å²) in [4.78, 5) is 39.6. The minimum Gasteiger partial charge on any atom is -0.450 e. The van der Waals surface area contributed by atoms with Crippen LogP contribution in [0.1, 0.15) is 23.0 Å². The van der Waals surface area contributed by atoms with E-state index in [0.717, 1.165) is 16.2 Å². The van der Waals surface area contributed by atoms with Gasteiger partial charge in [0.15, 0.2) is 6.61 Å². The molecular weight excluding hydrogens is 372 g/mol. The van der Waals surface area contributed by atoms with Crippen molar-refractivity contribution in [2.75, 3.05) is 32.8 Å². The van der Waals surface area contributed by atoms with Gasteiger partial charge in [-0.2, -0.15) is 0 Å². The predicted octanol–water partition coefficient (Wildman–Crippen LogP) is 2.74. The Labute approximate surface area is 167 Å². The molecule has 0 aliphatic carbocycles. The fraction of sp³-hybridized carbons (Fsp3) is 0.318. The zero-order valence-corrected chi connectivity index (χ0v) is 16.4. The van der Waals surface area contributed by atoms with Crippen molar-refractivity contribution in [3.63, 3.8) is 0 Å². The van der Waals surface area contributed by atoms with Crippen LogP contribution in [0, 0.1) is 6.92 Å². The summed E-state index contributed by atoms with van der Waals surface area (Å²) in [6.07, 6.45) is 0. The van der Waals surface area contributed by atoms with E-state index in [0.29, 0.717) is 37.3 Å². The summed E-state index contributed by atoms with van der Waals surface area (Å²) in [7, 11) is 0. The van der Waals surface area contributed by atoms with Crippen molar-refractivity contribution in [3.8, 4) is 0 Å². The monoisotopic (exact) mass is 394 g/mol. The number of carbonyl (C=O) groups excluding carboxylic acids is 3. The molecule has 2 amide bonds. The molecule has 0 saturated carbocycles. The Balaban J connectivity index is 1.46. The molecule has 1 aliphatic rings. The zero-order chi connectivity index (χ0) is 20.5. The summed E-state index contributed by atoms with van der Waals surface area (Å²) in [6.45, 7) is 4.82. The van der Waals surface area contributed by atoms with E-state index in [-0.39, 0.29) is 24.2 Å². The van der Waals surface area contributed by atoms with Crippen molar-refractivity contribution >= 4 is 39.5 Å². The van der Waals surface area contributed by atoms with Gasteiger partial charge in [0.25, 0.3) is 5.91 Å². The SMILES string of the molecule is CC(=O)N1CCN(C(=O)COC(=O)c2oc3c(ccc4ccccc43)c2C)CC1. The maximum absolute atomic E-state index is 12.6. The molecule has 0 N–H and O–H groups in total. The van der Waals surface area contributed by atoms with Crippen molar-refractivity contribution in [3.05, 3.63) is 47.7 Å². The fourth-order valence-corrected chi connectivity index (χ4v) is 3.70. The normalized spacial score (nSPS) is 14.4. The van der Waals surface area contributed by atoms with Crippen LogP contribution < -0.4 is 0 Å². The zero-order valence-electron chi connectivity index (χ0n) is 16.4. The van der Waals surface area contributed by atoms with Gasteiger partial charge in [0.2, 0.25) is 11.7 Å². The smallest absolute Gasteiger partial charge is 0.375 e. The lowest BCUT2D eigenvalue weighted by Crippen LogP contribution is -2.51. The quantitative estimate of drug-likeness (QED) is 0.638. The molecule has 0 atom stereocenters. The highest BCUT2D eigenvalue weighted by molar-refractivity contribution is 6.08. The second-order valence-corrected chi connectivity index (χ2v) is 7.18. The molecule has 2 heterocycles. The first-order valence-electron chi connectivity index (χ1n) is 9.57. The van der Waals surface area contributed by atoms with Gasteiger partial charge in [-0.1, -0.05) is 36.4 Å². The lowest BCUT2D eigenvalue weighted by atomic mass is 10.1. The van der Waals surface area contributed by atoms with Crippen LogP contribution in [0.3, 0.4) is 0 Å². The van der Waals surface area contributed by atoms with E-state index >= 15 is 0 Å². The van der Waals surface area contributed by atoms with Crippen LogP contribution in [0.25, 0.3) is 21.7 Å².